The maximum Gasteiger partial charge on any atom is 0.141 e. The zero-order chi connectivity index (χ0) is 7.68. The minimum absolute atomic E-state index is 0.802. The Balaban J connectivity index is 2.79. The highest BCUT2D eigenvalue weighted by molar-refractivity contribution is 7.97. The first-order chi connectivity index (χ1) is 5.42. The summed E-state index contributed by atoms with van der Waals surface area (Å²) in [5.41, 5.74) is 0.827. The number of nitrogens with two attached hydrogens (primary N) is 1. The van der Waals surface area contributed by atoms with Gasteiger partial charge in [0.1, 0.15) is 17.0 Å². The molecule has 0 spiro atoms. The van der Waals surface area contributed by atoms with E-state index in [1.54, 1.807) is 0 Å². The molecule has 0 aromatic carbocycles. The van der Waals surface area contributed by atoms with Crippen LogP contribution in [0.25, 0.3) is 11.0 Å². The number of H-pyrrole nitrogens is 1. The van der Waals surface area contributed by atoms with Crippen LogP contribution in [0.1, 0.15) is 0 Å². The van der Waals surface area contributed by atoms with E-state index in [0.717, 1.165) is 28.0 Å². The molecule has 2 rings (SSSR count). The van der Waals surface area contributed by atoms with E-state index >= 15 is 0 Å². The van der Waals surface area contributed by atoms with Crippen LogP contribution in [0.4, 0.5) is 0 Å². The fourth-order valence-electron chi connectivity index (χ4n) is 0.943. The van der Waals surface area contributed by atoms with Crippen molar-refractivity contribution < 1.29 is 0 Å². The maximum absolute atomic E-state index is 5.39. The number of nitrogens with one attached hydrogen (secondary N) is 1. The van der Waals surface area contributed by atoms with Crippen LogP contribution < -0.4 is 5.14 Å². The fraction of sp³-hybridized carbons (Fsp3) is 0. The van der Waals surface area contributed by atoms with Gasteiger partial charge in [0.15, 0.2) is 0 Å². The van der Waals surface area contributed by atoms with Gasteiger partial charge in [0.2, 0.25) is 0 Å². The minimum atomic E-state index is 0.802. The van der Waals surface area contributed by atoms with Crippen molar-refractivity contribution in [2.75, 3.05) is 0 Å². The lowest BCUT2D eigenvalue weighted by Gasteiger charge is -1.93. The van der Waals surface area contributed by atoms with Gasteiger partial charge in [-0.25, -0.2) is 9.97 Å². The molecular formula is C6H6N4S. The largest absolute Gasteiger partial charge is 0.346 e. The predicted molar refractivity (Wildman–Crippen MR) is 43.9 cm³/mol. The lowest BCUT2D eigenvalue weighted by molar-refractivity contribution is 1.09. The smallest absolute Gasteiger partial charge is 0.141 e. The molecule has 56 valence electrons. The third kappa shape index (κ3) is 0.979. The number of fused-ring (bicyclic) bond motifs is 1. The maximum atomic E-state index is 5.39. The van der Waals surface area contributed by atoms with Crippen molar-refractivity contribution in [2.45, 2.75) is 5.03 Å². The molecule has 0 bridgehead atoms. The van der Waals surface area contributed by atoms with Gasteiger partial charge < -0.3 is 4.98 Å². The van der Waals surface area contributed by atoms with Crippen molar-refractivity contribution in [1.82, 2.24) is 15.0 Å². The molecule has 2 aromatic rings. The first kappa shape index (κ1) is 6.63. The summed E-state index contributed by atoms with van der Waals surface area (Å²) >= 11 is 1.13. The van der Waals surface area contributed by atoms with Gasteiger partial charge in [0, 0.05) is 6.20 Å². The average molecular weight is 166 g/mol. The van der Waals surface area contributed by atoms with E-state index in [0.29, 0.717) is 0 Å². The number of nitrogens with zero attached hydrogens (tertiary/aromatic N) is 2. The monoisotopic (exact) mass is 166 g/mol. The Hall–Kier alpha value is -1.07. The molecule has 0 saturated carbocycles. The Kier molecular flexibility index (Phi) is 1.52. The molecule has 0 unspecified atom stereocenters. The molecule has 2 heterocycles. The van der Waals surface area contributed by atoms with E-state index in [4.69, 9.17) is 5.14 Å². The van der Waals surface area contributed by atoms with Crippen molar-refractivity contribution in [3.8, 4) is 0 Å². The standard InChI is InChI=1S/C6H6N4S/c7-11-6-4-1-2-8-5(4)9-3-10-6/h1-3H,7H2,(H,8,9,10). The van der Waals surface area contributed by atoms with Crippen LogP contribution >= 0.6 is 11.9 Å². The highest BCUT2D eigenvalue weighted by Gasteiger charge is 2.01. The summed E-state index contributed by atoms with van der Waals surface area (Å²) in [6, 6.07) is 1.91. The Morgan fingerprint density at radius 2 is 2.36 bits per heavy atom. The quantitative estimate of drug-likeness (QED) is 0.488. The van der Waals surface area contributed by atoms with Gasteiger partial charge in [-0.3, -0.25) is 5.14 Å². The molecule has 0 saturated heterocycles. The number of aromatic amines is 1. The van der Waals surface area contributed by atoms with E-state index in [-0.39, 0.29) is 0 Å². The molecule has 0 aliphatic carbocycles. The van der Waals surface area contributed by atoms with Crippen molar-refractivity contribution in [3.05, 3.63) is 18.6 Å². The Bertz CT molecular complexity index is 369. The Labute approximate surface area is 67.4 Å². The van der Waals surface area contributed by atoms with Crippen molar-refractivity contribution in [3.63, 3.8) is 0 Å². The second-order valence-electron chi connectivity index (χ2n) is 2.04. The topological polar surface area (TPSA) is 67.6 Å². The Morgan fingerprint density at radius 3 is 3.18 bits per heavy atom. The third-order valence-electron chi connectivity index (χ3n) is 1.43. The van der Waals surface area contributed by atoms with Crippen LogP contribution in [0, 0.1) is 0 Å². The van der Waals surface area contributed by atoms with Crippen molar-refractivity contribution in [2.24, 2.45) is 5.14 Å². The number of hydrogen-bond acceptors (Lipinski definition) is 4. The summed E-state index contributed by atoms with van der Waals surface area (Å²) in [5.74, 6) is 0. The zero-order valence-electron chi connectivity index (χ0n) is 5.61. The van der Waals surface area contributed by atoms with Gasteiger partial charge in [0.25, 0.3) is 0 Å². The SMILES string of the molecule is NSc1ncnc2[nH]ccc12. The molecule has 2 aromatic heterocycles. The summed E-state index contributed by atoms with van der Waals surface area (Å²) in [7, 11) is 0. The Morgan fingerprint density at radius 1 is 1.45 bits per heavy atom. The normalized spacial score (nSPS) is 10.6. The number of hydrogen-bond donors (Lipinski definition) is 2. The van der Waals surface area contributed by atoms with Crippen molar-refractivity contribution in [1.29, 1.82) is 0 Å². The van der Waals surface area contributed by atoms with Gasteiger partial charge in [-0.2, -0.15) is 0 Å². The molecule has 0 aliphatic rings. The van der Waals surface area contributed by atoms with Gasteiger partial charge in [-0.05, 0) is 18.0 Å². The molecule has 3 N–H and O–H groups in total. The lowest BCUT2D eigenvalue weighted by atomic mass is 10.4. The molecule has 0 aliphatic heterocycles. The van der Waals surface area contributed by atoms with Crippen LogP contribution in [0.15, 0.2) is 23.6 Å². The van der Waals surface area contributed by atoms with Crippen LogP contribution in [-0.4, -0.2) is 15.0 Å². The first-order valence-corrected chi connectivity index (χ1v) is 3.94. The second kappa shape index (κ2) is 2.52. The van der Waals surface area contributed by atoms with Crippen LogP contribution in [0.3, 0.4) is 0 Å². The summed E-state index contributed by atoms with van der Waals surface area (Å²) in [6.07, 6.45) is 3.31. The third-order valence-corrected chi connectivity index (χ3v) is 1.98. The van der Waals surface area contributed by atoms with Gasteiger partial charge in [-0.15, -0.1) is 0 Å². The van der Waals surface area contributed by atoms with Gasteiger partial charge in [-0.1, -0.05) is 0 Å². The van der Waals surface area contributed by atoms with E-state index in [2.05, 4.69) is 15.0 Å². The average Bonchev–Trinajstić information content (AvgIpc) is 2.50. The number of rotatable bonds is 1. The molecule has 4 nitrogen and oxygen atoms in total. The summed E-state index contributed by atoms with van der Waals surface area (Å²) in [4.78, 5) is 11.0. The summed E-state index contributed by atoms with van der Waals surface area (Å²) in [5, 5.41) is 7.16. The van der Waals surface area contributed by atoms with E-state index in [9.17, 15) is 0 Å². The predicted octanol–water partition coefficient (Wildman–Crippen LogP) is 0.924. The van der Waals surface area contributed by atoms with E-state index in [1.165, 1.54) is 6.33 Å². The van der Waals surface area contributed by atoms with Crippen molar-refractivity contribution >= 4 is 23.0 Å². The fourth-order valence-corrected chi connectivity index (χ4v) is 1.34. The van der Waals surface area contributed by atoms with E-state index in [1.807, 2.05) is 12.3 Å². The first-order valence-electron chi connectivity index (χ1n) is 3.06. The summed E-state index contributed by atoms with van der Waals surface area (Å²) in [6.45, 7) is 0. The molecule has 0 amide bonds. The molecular weight excluding hydrogens is 160 g/mol. The zero-order valence-corrected chi connectivity index (χ0v) is 6.43. The molecule has 11 heavy (non-hydrogen) atoms. The molecule has 0 radical (unpaired) electrons. The van der Waals surface area contributed by atoms with E-state index < -0.39 is 0 Å². The number of aromatic nitrogens is 3. The van der Waals surface area contributed by atoms with Gasteiger partial charge in [0.05, 0.1) is 5.39 Å². The lowest BCUT2D eigenvalue weighted by Crippen LogP contribution is -1.87. The molecule has 5 heteroatoms. The minimum Gasteiger partial charge on any atom is -0.346 e. The van der Waals surface area contributed by atoms with Crippen LogP contribution in [-0.2, 0) is 0 Å². The van der Waals surface area contributed by atoms with Gasteiger partial charge >= 0.3 is 0 Å². The summed E-state index contributed by atoms with van der Waals surface area (Å²) < 4.78 is 0. The second-order valence-corrected chi connectivity index (χ2v) is 2.66. The van der Waals surface area contributed by atoms with Crippen LogP contribution in [0.2, 0.25) is 0 Å². The molecule has 0 atom stereocenters. The molecule has 0 fully saturated rings. The van der Waals surface area contributed by atoms with Crippen LogP contribution in [0.5, 0.6) is 0 Å². The highest BCUT2D eigenvalue weighted by Crippen LogP contribution is 2.18. The highest BCUT2D eigenvalue weighted by atomic mass is 32.2.